The quantitative estimate of drug-likeness (QED) is 0.665. The monoisotopic (exact) mass is 451 g/mol. The third-order valence-corrected chi connectivity index (χ3v) is 5.46. The van der Waals surface area contributed by atoms with Crippen molar-refractivity contribution in [1.29, 1.82) is 0 Å². The van der Waals surface area contributed by atoms with Gasteiger partial charge in [0.2, 0.25) is 9.84 Å². The van der Waals surface area contributed by atoms with E-state index >= 15 is 0 Å². The molecule has 0 aliphatic heterocycles. The minimum atomic E-state index is -4.77. The van der Waals surface area contributed by atoms with Crippen LogP contribution in [0, 0.1) is 0 Å². The Morgan fingerprint density at radius 3 is 2.25 bits per heavy atom. The van der Waals surface area contributed by atoms with Crippen molar-refractivity contribution < 1.29 is 31.5 Å². The van der Waals surface area contributed by atoms with Crippen LogP contribution in [0.4, 0.5) is 14.5 Å². The van der Waals surface area contributed by atoms with E-state index < -0.39 is 38.5 Å². The number of carbonyl (C=O) groups excluding carboxylic acids is 2. The van der Waals surface area contributed by atoms with E-state index in [-0.39, 0.29) is 16.3 Å². The van der Waals surface area contributed by atoms with Crippen molar-refractivity contribution in [2.24, 2.45) is 0 Å². The normalized spacial score (nSPS) is 12.5. The van der Waals surface area contributed by atoms with Gasteiger partial charge >= 0.3 is 11.7 Å². The second kappa shape index (κ2) is 8.85. The van der Waals surface area contributed by atoms with Crippen molar-refractivity contribution in [2.75, 3.05) is 5.32 Å². The largest absolute Gasteiger partial charge is 0.449 e. The molecule has 0 saturated heterocycles. The SMILES string of the molecule is C[C@@H](OC(=O)c1ccc(S(=O)(=O)C(F)F)cc1)C(=O)Nc1cc(Cl)ccc1Cl. The number of ether oxygens (including phenoxy) is 1. The lowest BCUT2D eigenvalue weighted by atomic mass is 10.2. The maximum Gasteiger partial charge on any atom is 0.341 e. The Morgan fingerprint density at radius 2 is 1.68 bits per heavy atom. The Balaban J connectivity index is 2.05. The number of amides is 1. The zero-order chi connectivity index (χ0) is 21.1. The van der Waals surface area contributed by atoms with E-state index in [0.717, 1.165) is 24.3 Å². The summed E-state index contributed by atoms with van der Waals surface area (Å²) in [5, 5.41) is 3.02. The topological polar surface area (TPSA) is 89.5 Å². The molecule has 2 aromatic carbocycles. The lowest BCUT2D eigenvalue weighted by Crippen LogP contribution is -2.30. The molecule has 0 fully saturated rings. The molecule has 0 spiro atoms. The van der Waals surface area contributed by atoms with Crippen molar-refractivity contribution in [3.05, 3.63) is 58.1 Å². The minimum Gasteiger partial charge on any atom is -0.449 e. The maximum atomic E-state index is 12.5. The van der Waals surface area contributed by atoms with Crippen molar-refractivity contribution in [3.63, 3.8) is 0 Å². The van der Waals surface area contributed by atoms with Crippen molar-refractivity contribution in [1.82, 2.24) is 0 Å². The van der Waals surface area contributed by atoms with E-state index in [2.05, 4.69) is 5.32 Å². The number of hydrogen-bond acceptors (Lipinski definition) is 5. The van der Waals surface area contributed by atoms with Crippen LogP contribution < -0.4 is 5.32 Å². The molecule has 28 heavy (non-hydrogen) atoms. The zero-order valence-corrected chi connectivity index (χ0v) is 16.5. The molecule has 2 rings (SSSR count). The molecule has 0 bridgehead atoms. The van der Waals surface area contributed by atoms with Crippen LogP contribution >= 0.6 is 23.2 Å². The number of nitrogens with one attached hydrogen (secondary N) is 1. The highest BCUT2D eigenvalue weighted by Gasteiger charge is 2.27. The number of esters is 1. The van der Waals surface area contributed by atoms with Gasteiger partial charge in [-0.3, -0.25) is 4.79 Å². The van der Waals surface area contributed by atoms with Crippen LogP contribution in [-0.2, 0) is 19.4 Å². The Morgan fingerprint density at radius 1 is 1.07 bits per heavy atom. The molecule has 0 unspecified atom stereocenters. The molecule has 0 aliphatic rings. The summed E-state index contributed by atoms with van der Waals surface area (Å²) in [4.78, 5) is 23.6. The smallest absolute Gasteiger partial charge is 0.341 e. The van der Waals surface area contributed by atoms with Crippen LogP contribution in [0.15, 0.2) is 47.4 Å². The summed E-state index contributed by atoms with van der Waals surface area (Å²) in [6, 6.07) is 8.15. The Hall–Kier alpha value is -2.23. The average Bonchev–Trinajstić information content (AvgIpc) is 2.64. The molecule has 2 aromatic rings. The van der Waals surface area contributed by atoms with Crippen LogP contribution in [0.5, 0.6) is 0 Å². The maximum absolute atomic E-state index is 12.5. The highest BCUT2D eigenvalue weighted by Crippen LogP contribution is 2.25. The summed E-state index contributed by atoms with van der Waals surface area (Å²) >= 11 is 11.8. The van der Waals surface area contributed by atoms with Gasteiger partial charge in [-0.15, -0.1) is 0 Å². The standard InChI is InChI=1S/C17H13Cl2F2NO5S/c1-9(15(23)22-14-8-11(18)4-7-13(14)19)27-16(24)10-2-5-12(6-3-10)28(25,26)17(20)21/h2-9,17H,1H3,(H,22,23)/t9-/m1/s1. The van der Waals surface area contributed by atoms with Gasteiger partial charge in [-0.05, 0) is 49.4 Å². The Bertz CT molecular complexity index is 997. The van der Waals surface area contributed by atoms with E-state index in [1.807, 2.05) is 0 Å². The van der Waals surface area contributed by atoms with Crippen LogP contribution in [-0.4, -0.2) is 32.2 Å². The molecule has 6 nitrogen and oxygen atoms in total. The van der Waals surface area contributed by atoms with E-state index in [1.165, 1.54) is 25.1 Å². The lowest BCUT2D eigenvalue weighted by molar-refractivity contribution is -0.123. The van der Waals surface area contributed by atoms with Crippen molar-refractivity contribution in [3.8, 4) is 0 Å². The number of rotatable bonds is 6. The molecule has 0 heterocycles. The first-order chi connectivity index (χ1) is 13.0. The highest BCUT2D eigenvalue weighted by atomic mass is 35.5. The molecule has 1 N–H and O–H groups in total. The van der Waals surface area contributed by atoms with Crippen LogP contribution in [0.2, 0.25) is 10.0 Å². The molecular weight excluding hydrogens is 439 g/mol. The number of halogens is 4. The predicted molar refractivity (Wildman–Crippen MR) is 99.6 cm³/mol. The van der Waals surface area contributed by atoms with Gasteiger partial charge in [-0.2, -0.15) is 8.78 Å². The molecular formula is C17H13Cl2F2NO5S. The molecule has 1 amide bonds. The fraction of sp³-hybridized carbons (Fsp3) is 0.176. The molecule has 0 saturated carbocycles. The first-order valence-corrected chi connectivity index (χ1v) is 9.91. The van der Waals surface area contributed by atoms with Gasteiger partial charge in [0.15, 0.2) is 6.10 Å². The van der Waals surface area contributed by atoms with Gasteiger partial charge in [-0.1, -0.05) is 23.2 Å². The summed E-state index contributed by atoms with van der Waals surface area (Å²) in [5.41, 5.74) is 0.109. The number of hydrogen-bond donors (Lipinski definition) is 1. The molecule has 11 heteroatoms. The summed E-state index contributed by atoms with van der Waals surface area (Å²) in [5.74, 6) is -5.21. The summed E-state index contributed by atoms with van der Waals surface area (Å²) < 4.78 is 52.7. The number of anilines is 1. The van der Waals surface area contributed by atoms with Crippen LogP contribution in [0.25, 0.3) is 0 Å². The second-order valence-corrected chi connectivity index (χ2v) is 8.25. The van der Waals surface area contributed by atoms with Gasteiger partial charge < -0.3 is 10.1 Å². The van der Waals surface area contributed by atoms with Crippen LogP contribution in [0.1, 0.15) is 17.3 Å². The van der Waals surface area contributed by atoms with Crippen LogP contribution in [0.3, 0.4) is 0 Å². The third-order valence-electron chi connectivity index (χ3n) is 3.49. The van der Waals surface area contributed by atoms with E-state index in [4.69, 9.17) is 27.9 Å². The van der Waals surface area contributed by atoms with Gasteiger partial charge in [0.1, 0.15) is 0 Å². The molecule has 1 atom stereocenters. The Kier molecular flexibility index (Phi) is 6.97. The zero-order valence-electron chi connectivity index (χ0n) is 14.2. The number of benzene rings is 2. The molecule has 0 aromatic heterocycles. The van der Waals surface area contributed by atoms with Gasteiger partial charge in [0.25, 0.3) is 5.91 Å². The first-order valence-electron chi connectivity index (χ1n) is 7.61. The van der Waals surface area contributed by atoms with Gasteiger partial charge in [0.05, 0.1) is 21.2 Å². The van der Waals surface area contributed by atoms with E-state index in [0.29, 0.717) is 5.02 Å². The number of sulfone groups is 1. The fourth-order valence-corrected chi connectivity index (χ4v) is 3.05. The fourth-order valence-electron chi connectivity index (χ4n) is 1.99. The minimum absolute atomic E-state index is 0.117. The summed E-state index contributed by atoms with van der Waals surface area (Å²) in [7, 11) is -4.77. The first kappa shape index (κ1) is 22.1. The molecule has 0 aliphatic carbocycles. The lowest BCUT2D eigenvalue weighted by Gasteiger charge is -2.14. The average molecular weight is 452 g/mol. The number of alkyl halides is 2. The molecule has 150 valence electrons. The third kappa shape index (κ3) is 5.18. The number of carbonyl (C=O) groups is 2. The van der Waals surface area contributed by atoms with Crippen molar-refractivity contribution in [2.45, 2.75) is 23.7 Å². The van der Waals surface area contributed by atoms with Gasteiger partial charge in [0, 0.05) is 5.02 Å². The van der Waals surface area contributed by atoms with E-state index in [9.17, 15) is 26.8 Å². The predicted octanol–water partition coefficient (Wildman–Crippen LogP) is 4.17. The Labute approximate surface area is 169 Å². The van der Waals surface area contributed by atoms with Crippen molar-refractivity contribution >= 4 is 50.6 Å². The second-order valence-electron chi connectivity index (χ2n) is 5.49. The van der Waals surface area contributed by atoms with Gasteiger partial charge in [-0.25, -0.2) is 13.2 Å². The summed E-state index contributed by atoms with van der Waals surface area (Å²) in [6.45, 7) is 1.31. The molecule has 0 radical (unpaired) electrons. The highest BCUT2D eigenvalue weighted by molar-refractivity contribution is 7.91. The van der Waals surface area contributed by atoms with E-state index in [1.54, 1.807) is 0 Å². The summed E-state index contributed by atoms with van der Waals surface area (Å²) in [6.07, 6.45) is -1.23.